The molecule has 1 aromatic rings. The van der Waals surface area contributed by atoms with Gasteiger partial charge in [-0.15, -0.1) is 0 Å². The van der Waals surface area contributed by atoms with Crippen LogP contribution >= 0.6 is 0 Å². The smallest absolute Gasteiger partial charge is 0.317 e. The van der Waals surface area contributed by atoms with Crippen LogP contribution in [-0.2, 0) is 16.4 Å². The largest absolute Gasteiger partial charge is 0.497 e. The van der Waals surface area contributed by atoms with Gasteiger partial charge < -0.3 is 15.0 Å². The molecule has 0 saturated carbocycles. The van der Waals surface area contributed by atoms with E-state index in [9.17, 15) is 13.2 Å². The summed E-state index contributed by atoms with van der Waals surface area (Å²) < 4.78 is 27.9. The van der Waals surface area contributed by atoms with Crippen LogP contribution in [0.2, 0.25) is 0 Å². The first-order chi connectivity index (χ1) is 10.4. The van der Waals surface area contributed by atoms with Crippen LogP contribution in [0.25, 0.3) is 0 Å². The molecule has 1 aliphatic rings. The van der Waals surface area contributed by atoms with Gasteiger partial charge in [-0.05, 0) is 30.0 Å². The number of amides is 2. The zero-order valence-corrected chi connectivity index (χ0v) is 13.7. The second-order valence-corrected chi connectivity index (χ2v) is 7.89. The Morgan fingerprint density at radius 2 is 2.23 bits per heavy atom. The first kappa shape index (κ1) is 16.6. The molecule has 2 amide bonds. The van der Waals surface area contributed by atoms with Crippen molar-refractivity contribution in [3.05, 3.63) is 29.8 Å². The summed E-state index contributed by atoms with van der Waals surface area (Å²) in [5, 5.41) is 2.80. The molecule has 1 heterocycles. The fraction of sp³-hybridized carbons (Fsp3) is 0.533. The number of urea groups is 1. The fourth-order valence-electron chi connectivity index (χ4n) is 2.52. The minimum Gasteiger partial charge on any atom is -0.497 e. The molecule has 0 bridgehead atoms. The average Bonchev–Trinajstić information content (AvgIpc) is 2.84. The third-order valence-corrected chi connectivity index (χ3v) is 5.61. The van der Waals surface area contributed by atoms with Crippen molar-refractivity contribution in [2.75, 3.05) is 32.2 Å². The Bertz CT molecular complexity index is 630. The quantitative estimate of drug-likeness (QED) is 0.884. The molecule has 0 unspecified atom stereocenters. The van der Waals surface area contributed by atoms with Crippen LogP contribution in [0.1, 0.15) is 12.0 Å². The lowest BCUT2D eigenvalue weighted by atomic mass is 10.1. The number of nitrogens with one attached hydrogen (secondary N) is 1. The lowest BCUT2D eigenvalue weighted by Gasteiger charge is -2.19. The number of carbonyl (C=O) groups is 1. The summed E-state index contributed by atoms with van der Waals surface area (Å²) in [5.74, 6) is 1.18. The first-order valence-electron chi connectivity index (χ1n) is 7.22. The molecule has 6 nitrogen and oxygen atoms in total. The summed E-state index contributed by atoms with van der Waals surface area (Å²) in [6.45, 7) is 0.868. The summed E-state index contributed by atoms with van der Waals surface area (Å²) in [5.41, 5.74) is 0.973. The topological polar surface area (TPSA) is 75.7 Å². The standard InChI is InChI=1S/C15H22N2O4S/c1-17(10-12-4-3-5-14(8-12)21-2)15(18)16-9-13-6-7-22(19,20)11-13/h3-5,8,13H,6-7,9-11H2,1-2H3,(H,16,18)/t13-/m1/s1. The highest BCUT2D eigenvalue weighted by atomic mass is 32.2. The van der Waals surface area contributed by atoms with Gasteiger partial charge in [-0.25, -0.2) is 13.2 Å². The third kappa shape index (κ3) is 4.62. The fourth-order valence-corrected chi connectivity index (χ4v) is 4.38. The Hall–Kier alpha value is -1.76. The maximum absolute atomic E-state index is 12.1. The van der Waals surface area contributed by atoms with Crippen LogP contribution in [-0.4, -0.2) is 51.6 Å². The molecule has 1 atom stereocenters. The highest BCUT2D eigenvalue weighted by Crippen LogP contribution is 2.17. The van der Waals surface area contributed by atoms with Crippen molar-refractivity contribution < 1.29 is 17.9 Å². The van der Waals surface area contributed by atoms with E-state index >= 15 is 0 Å². The summed E-state index contributed by atoms with van der Waals surface area (Å²) in [7, 11) is 0.412. The zero-order chi connectivity index (χ0) is 16.2. The molecule has 2 rings (SSSR count). The number of methoxy groups -OCH3 is 1. The van der Waals surface area contributed by atoms with Gasteiger partial charge in [0.1, 0.15) is 5.75 Å². The van der Waals surface area contributed by atoms with E-state index in [4.69, 9.17) is 4.74 Å². The number of benzene rings is 1. The second-order valence-electron chi connectivity index (χ2n) is 5.66. The summed E-state index contributed by atoms with van der Waals surface area (Å²) in [6, 6.07) is 7.34. The van der Waals surface area contributed by atoms with Crippen LogP contribution in [0.3, 0.4) is 0 Å². The molecule has 0 aromatic heterocycles. The minimum absolute atomic E-state index is 0.0270. The van der Waals surface area contributed by atoms with Gasteiger partial charge in [-0.1, -0.05) is 12.1 Å². The van der Waals surface area contributed by atoms with E-state index in [0.717, 1.165) is 11.3 Å². The first-order valence-corrected chi connectivity index (χ1v) is 9.04. The number of hydrogen-bond acceptors (Lipinski definition) is 4. The molecule has 1 fully saturated rings. The van der Waals surface area contributed by atoms with Gasteiger partial charge in [0, 0.05) is 20.1 Å². The van der Waals surface area contributed by atoms with Gasteiger partial charge in [0.15, 0.2) is 9.84 Å². The SMILES string of the molecule is COc1cccc(CN(C)C(=O)NC[C@H]2CCS(=O)(=O)C2)c1. The van der Waals surface area contributed by atoms with Crippen LogP contribution in [0.15, 0.2) is 24.3 Å². The predicted octanol–water partition coefficient (Wildman–Crippen LogP) is 1.27. The molecule has 122 valence electrons. The van der Waals surface area contributed by atoms with E-state index < -0.39 is 9.84 Å². The van der Waals surface area contributed by atoms with Crippen molar-refractivity contribution in [1.29, 1.82) is 0 Å². The number of hydrogen-bond donors (Lipinski definition) is 1. The van der Waals surface area contributed by atoms with Crippen LogP contribution in [0.5, 0.6) is 5.75 Å². The van der Waals surface area contributed by atoms with Crippen molar-refractivity contribution in [3.63, 3.8) is 0 Å². The van der Waals surface area contributed by atoms with E-state index in [-0.39, 0.29) is 23.5 Å². The highest BCUT2D eigenvalue weighted by molar-refractivity contribution is 7.91. The van der Waals surface area contributed by atoms with Gasteiger partial charge in [0.05, 0.1) is 18.6 Å². The van der Waals surface area contributed by atoms with Gasteiger partial charge in [0.2, 0.25) is 0 Å². The number of carbonyl (C=O) groups excluding carboxylic acids is 1. The van der Waals surface area contributed by atoms with Crippen molar-refractivity contribution >= 4 is 15.9 Å². The average molecular weight is 326 g/mol. The lowest BCUT2D eigenvalue weighted by Crippen LogP contribution is -2.39. The third-order valence-electron chi connectivity index (χ3n) is 3.77. The Labute approximate surface area is 131 Å². The Morgan fingerprint density at radius 1 is 1.45 bits per heavy atom. The van der Waals surface area contributed by atoms with Crippen LogP contribution in [0, 0.1) is 5.92 Å². The van der Waals surface area contributed by atoms with E-state index in [1.54, 1.807) is 19.1 Å². The molecule has 1 saturated heterocycles. The van der Waals surface area contributed by atoms with Gasteiger partial charge in [-0.2, -0.15) is 0 Å². The molecular weight excluding hydrogens is 304 g/mol. The van der Waals surface area contributed by atoms with Crippen molar-refractivity contribution in [1.82, 2.24) is 10.2 Å². The van der Waals surface area contributed by atoms with Crippen LogP contribution in [0.4, 0.5) is 4.79 Å². The molecule has 0 spiro atoms. The van der Waals surface area contributed by atoms with Gasteiger partial charge >= 0.3 is 6.03 Å². The number of rotatable bonds is 5. The zero-order valence-electron chi connectivity index (χ0n) is 12.9. The van der Waals surface area contributed by atoms with Crippen molar-refractivity contribution in [3.8, 4) is 5.75 Å². The molecule has 1 aromatic carbocycles. The Morgan fingerprint density at radius 3 is 2.86 bits per heavy atom. The predicted molar refractivity (Wildman–Crippen MR) is 84.6 cm³/mol. The van der Waals surface area contributed by atoms with E-state index in [1.807, 2.05) is 24.3 Å². The number of sulfone groups is 1. The molecule has 7 heteroatoms. The Kier molecular flexibility index (Phi) is 5.28. The monoisotopic (exact) mass is 326 g/mol. The molecular formula is C15H22N2O4S. The maximum atomic E-state index is 12.1. The van der Waals surface area contributed by atoms with E-state index in [2.05, 4.69) is 5.32 Å². The molecule has 22 heavy (non-hydrogen) atoms. The summed E-state index contributed by atoms with van der Waals surface area (Å²) in [4.78, 5) is 13.6. The molecule has 1 N–H and O–H groups in total. The van der Waals surface area contributed by atoms with Gasteiger partial charge in [0.25, 0.3) is 0 Å². The molecule has 0 aliphatic carbocycles. The maximum Gasteiger partial charge on any atom is 0.317 e. The molecule has 1 aliphatic heterocycles. The highest BCUT2D eigenvalue weighted by Gasteiger charge is 2.28. The van der Waals surface area contributed by atoms with E-state index in [0.29, 0.717) is 19.5 Å². The van der Waals surface area contributed by atoms with E-state index in [1.165, 1.54) is 0 Å². The lowest BCUT2D eigenvalue weighted by molar-refractivity contribution is 0.205. The van der Waals surface area contributed by atoms with Crippen molar-refractivity contribution in [2.24, 2.45) is 5.92 Å². The molecule has 0 radical (unpaired) electrons. The Balaban J connectivity index is 1.82. The minimum atomic E-state index is -2.90. The van der Waals surface area contributed by atoms with Crippen LogP contribution < -0.4 is 10.1 Å². The second kappa shape index (κ2) is 7.00. The summed E-state index contributed by atoms with van der Waals surface area (Å²) >= 11 is 0. The number of ether oxygens (including phenoxy) is 1. The van der Waals surface area contributed by atoms with Crippen molar-refractivity contribution in [2.45, 2.75) is 13.0 Å². The normalized spacial score (nSPS) is 19.6. The van der Waals surface area contributed by atoms with Gasteiger partial charge in [-0.3, -0.25) is 0 Å². The number of nitrogens with zero attached hydrogens (tertiary/aromatic N) is 1. The summed E-state index contributed by atoms with van der Waals surface area (Å²) in [6.07, 6.45) is 0.627.